The summed E-state index contributed by atoms with van der Waals surface area (Å²) in [7, 11) is -1.03. The van der Waals surface area contributed by atoms with Gasteiger partial charge >= 0.3 is 0 Å². The van der Waals surface area contributed by atoms with Crippen molar-refractivity contribution in [3.05, 3.63) is 89.2 Å². The van der Waals surface area contributed by atoms with Gasteiger partial charge in [0.05, 0.1) is 19.2 Å². The van der Waals surface area contributed by atoms with Crippen LogP contribution in [0, 0.1) is 0 Å². The average molecular weight is 452 g/mol. The first kappa shape index (κ1) is 21.7. The first-order chi connectivity index (χ1) is 15.3. The fraction of sp³-hybridized carbons (Fsp3) is 0.174. The van der Waals surface area contributed by atoms with Crippen molar-refractivity contribution in [2.75, 3.05) is 14.2 Å². The van der Waals surface area contributed by atoms with Crippen LogP contribution in [0.5, 0.6) is 5.75 Å². The van der Waals surface area contributed by atoms with Gasteiger partial charge < -0.3 is 4.74 Å². The highest BCUT2D eigenvalue weighted by atomic mass is 32.2. The molecule has 9 heteroatoms. The van der Waals surface area contributed by atoms with Crippen molar-refractivity contribution >= 4 is 21.8 Å². The summed E-state index contributed by atoms with van der Waals surface area (Å²) in [6, 6.07) is 17.0. The van der Waals surface area contributed by atoms with Crippen LogP contribution in [-0.2, 0) is 23.1 Å². The Bertz CT molecular complexity index is 1260. The molecule has 1 aliphatic rings. The molecule has 164 valence electrons. The summed E-state index contributed by atoms with van der Waals surface area (Å²) < 4.78 is 33.1. The molecule has 2 heterocycles. The minimum Gasteiger partial charge on any atom is -0.495 e. The predicted octanol–water partition coefficient (Wildman–Crippen LogP) is 2.71. The smallest absolute Gasteiger partial charge is 0.280 e. The number of carbonyl (C=O) groups is 2. The molecule has 8 nitrogen and oxygen atoms in total. The first-order valence-corrected chi connectivity index (χ1v) is 11.3. The summed E-state index contributed by atoms with van der Waals surface area (Å²) in [5, 5.41) is 0. The van der Waals surface area contributed by atoms with Crippen molar-refractivity contribution in [2.45, 2.75) is 18.0 Å². The van der Waals surface area contributed by atoms with Crippen molar-refractivity contribution in [3.8, 4) is 5.75 Å². The van der Waals surface area contributed by atoms with E-state index in [0.717, 1.165) is 10.5 Å². The number of methoxy groups -OCH3 is 1. The topological polar surface area (TPSA) is 96.9 Å². The number of amides is 2. The van der Waals surface area contributed by atoms with Crippen molar-refractivity contribution < 1.29 is 22.7 Å². The Morgan fingerprint density at radius 2 is 1.72 bits per heavy atom. The van der Waals surface area contributed by atoms with Gasteiger partial charge in [-0.2, -0.15) is 4.31 Å². The minimum atomic E-state index is -3.91. The highest BCUT2D eigenvalue weighted by Gasteiger charge is 2.37. The molecule has 0 saturated heterocycles. The average Bonchev–Trinajstić information content (AvgIpc) is 3.04. The van der Waals surface area contributed by atoms with Crippen LogP contribution >= 0.6 is 0 Å². The number of imide groups is 1. The highest BCUT2D eigenvalue weighted by molar-refractivity contribution is 7.89. The zero-order chi connectivity index (χ0) is 22.9. The van der Waals surface area contributed by atoms with E-state index in [9.17, 15) is 18.0 Å². The largest absolute Gasteiger partial charge is 0.495 e. The lowest BCUT2D eigenvalue weighted by Crippen LogP contribution is -2.30. The predicted molar refractivity (Wildman–Crippen MR) is 117 cm³/mol. The number of hydrogen-bond donors (Lipinski definition) is 0. The molecule has 0 aliphatic carbocycles. The number of benzene rings is 2. The van der Waals surface area contributed by atoms with Gasteiger partial charge in [0.15, 0.2) is 0 Å². The SMILES string of the molecule is COc1ccc(CN2C(=O)c3cccnc3C2=O)cc1S(=O)(=O)N(C)Cc1ccccc1. The fourth-order valence-electron chi connectivity index (χ4n) is 3.55. The van der Waals surface area contributed by atoms with Gasteiger partial charge in [-0.05, 0) is 35.4 Å². The number of sulfonamides is 1. The molecule has 0 radical (unpaired) electrons. The number of ether oxygens (including phenoxy) is 1. The van der Waals surface area contributed by atoms with Crippen molar-refractivity contribution in [2.24, 2.45) is 0 Å². The van der Waals surface area contributed by atoms with E-state index in [1.54, 1.807) is 18.2 Å². The Morgan fingerprint density at radius 3 is 2.41 bits per heavy atom. The van der Waals surface area contributed by atoms with Gasteiger partial charge in [-0.1, -0.05) is 36.4 Å². The second-order valence-electron chi connectivity index (χ2n) is 7.33. The van der Waals surface area contributed by atoms with E-state index in [4.69, 9.17) is 4.74 Å². The molecule has 3 aromatic rings. The number of rotatable bonds is 7. The third-order valence-corrected chi connectivity index (χ3v) is 7.06. The van der Waals surface area contributed by atoms with Gasteiger partial charge in [0.1, 0.15) is 16.3 Å². The van der Waals surface area contributed by atoms with Crippen LogP contribution in [0.4, 0.5) is 0 Å². The third kappa shape index (κ3) is 3.88. The maximum Gasteiger partial charge on any atom is 0.280 e. The van der Waals surface area contributed by atoms with Crippen LogP contribution in [0.2, 0.25) is 0 Å². The molecule has 0 unspecified atom stereocenters. The van der Waals surface area contributed by atoms with Crippen LogP contribution in [0.1, 0.15) is 32.0 Å². The molecule has 2 aromatic carbocycles. The second kappa shape index (κ2) is 8.52. The van der Waals surface area contributed by atoms with Crippen LogP contribution in [-0.4, -0.2) is 48.6 Å². The Morgan fingerprint density at radius 1 is 0.969 bits per heavy atom. The molecular weight excluding hydrogens is 430 g/mol. The van der Waals surface area contributed by atoms with Gasteiger partial charge in [-0.15, -0.1) is 0 Å². The maximum absolute atomic E-state index is 13.3. The molecule has 1 aliphatic heterocycles. The van der Waals surface area contributed by atoms with Crippen LogP contribution in [0.15, 0.2) is 71.8 Å². The van der Waals surface area contributed by atoms with Crippen molar-refractivity contribution in [1.29, 1.82) is 0 Å². The van der Waals surface area contributed by atoms with E-state index >= 15 is 0 Å². The number of aromatic nitrogens is 1. The maximum atomic E-state index is 13.3. The van der Waals surface area contributed by atoms with Gasteiger partial charge in [-0.25, -0.2) is 8.42 Å². The number of hydrogen-bond acceptors (Lipinski definition) is 6. The summed E-state index contributed by atoms with van der Waals surface area (Å²) in [6.07, 6.45) is 1.45. The number of carbonyl (C=O) groups excluding carboxylic acids is 2. The summed E-state index contributed by atoms with van der Waals surface area (Å²) >= 11 is 0. The van der Waals surface area contributed by atoms with Gasteiger partial charge in [0.25, 0.3) is 11.8 Å². The molecule has 0 bridgehead atoms. The van der Waals surface area contributed by atoms with E-state index < -0.39 is 21.8 Å². The number of pyridine rings is 1. The highest BCUT2D eigenvalue weighted by Crippen LogP contribution is 2.30. The monoisotopic (exact) mass is 451 g/mol. The Kier molecular flexibility index (Phi) is 5.77. The molecule has 32 heavy (non-hydrogen) atoms. The van der Waals surface area contributed by atoms with Crippen LogP contribution < -0.4 is 4.74 Å². The Labute approximate surface area is 186 Å². The zero-order valence-electron chi connectivity index (χ0n) is 17.6. The molecule has 2 amide bonds. The van der Waals surface area contributed by atoms with Crippen molar-refractivity contribution in [3.63, 3.8) is 0 Å². The summed E-state index contributed by atoms with van der Waals surface area (Å²) in [6.45, 7) is 0.101. The van der Waals surface area contributed by atoms with E-state index in [1.165, 1.54) is 36.8 Å². The number of fused-ring (bicyclic) bond motifs is 1. The van der Waals surface area contributed by atoms with Crippen LogP contribution in [0.3, 0.4) is 0 Å². The standard InChI is InChI=1S/C23H21N3O5S/c1-25(14-16-7-4-3-5-8-16)32(29,30)20-13-17(10-11-19(20)31-2)15-26-22(27)18-9-6-12-24-21(18)23(26)28/h3-13H,14-15H2,1-2H3. The lowest BCUT2D eigenvalue weighted by atomic mass is 10.2. The molecule has 0 atom stereocenters. The second-order valence-corrected chi connectivity index (χ2v) is 9.34. The zero-order valence-corrected chi connectivity index (χ0v) is 18.4. The van der Waals surface area contributed by atoms with Gasteiger partial charge in [0, 0.05) is 19.8 Å². The quantitative estimate of drug-likeness (QED) is 0.513. The summed E-state index contributed by atoms with van der Waals surface area (Å²) in [5.74, 6) is -0.788. The normalized spacial score (nSPS) is 13.5. The third-order valence-electron chi connectivity index (χ3n) is 5.24. The Hall–Kier alpha value is -3.56. The van der Waals surface area contributed by atoms with E-state index in [-0.39, 0.29) is 35.0 Å². The van der Waals surface area contributed by atoms with Crippen LogP contribution in [0.25, 0.3) is 0 Å². The summed E-state index contributed by atoms with van der Waals surface area (Å²) in [5.41, 5.74) is 1.65. The minimum absolute atomic E-state index is 0.0364. The first-order valence-electron chi connectivity index (χ1n) is 9.81. The van der Waals surface area contributed by atoms with E-state index in [2.05, 4.69) is 4.98 Å². The van der Waals surface area contributed by atoms with Gasteiger partial charge in [0.2, 0.25) is 10.0 Å². The van der Waals surface area contributed by atoms with E-state index in [0.29, 0.717) is 5.56 Å². The van der Waals surface area contributed by atoms with Gasteiger partial charge in [-0.3, -0.25) is 19.5 Å². The molecule has 0 saturated carbocycles. The fourth-order valence-corrected chi connectivity index (χ4v) is 4.92. The number of nitrogens with zero attached hydrogens (tertiary/aromatic N) is 3. The van der Waals surface area contributed by atoms with Crippen molar-refractivity contribution in [1.82, 2.24) is 14.2 Å². The molecule has 0 N–H and O–H groups in total. The molecule has 1 aromatic heterocycles. The Balaban J connectivity index is 1.63. The molecule has 0 spiro atoms. The lowest BCUT2D eigenvalue weighted by Gasteiger charge is -2.20. The lowest BCUT2D eigenvalue weighted by molar-refractivity contribution is 0.0640. The summed E-state index contributed by atoms with van der Waals surface area (Å²) in [4.78, 5) is 30.3. The molecular formula is C23H21N3O5S. The molecule has 0 fully saturated rings. The molecule has 4 rings (SSSR count). The van der Waals surface area contributed by atoms with E-state index in [1.807, 2.05) is 30.3 Å².